The van der Waals surface area contributed by atoms with Crippen LogP contribution in [0.5, 0.6) is 0 Å². The number of nitrogens with one attached hydrogen (secondary N) is 1. The summed E-state index contributed by atoms with van der Waals surface area (Å²) in [5.74, 6) is 0.762. The van der Waals surface area contributed by atoms with Crippen molar-refractivity contribution in [3.8, 4) is 0 Å². The van der Waals surface area contributed by atoms with Gasteiger partial charge in [-0.2, -0.15) is 0 Å². The third kappa shape index (κ3) is 3.66. The maximum Gasteiger partial charge on any atom is 0.124 e. The Morgan fingerprint density at radius 3 is 2.84 bits per heavy atom. The summed E-state index contributed by atoms with van der Waals surface area (Å²) < 4.78 is 0. The lowest BCUT2D eigenvalue weighted by Crippen LogP contribution is -2.31. The van der Waals surface area contributed by atoms with E-state index in [1.807, 2.05) is 12.1 Å². The molecule has 0 aromatic carbocycles. The van der Waals surface area contributed by atoms with Crippen LogP contribution >= 0.6 is 12.2 Å². The highest BCUT2D eigenvalue weighted by Gasteiger charge is 2.23. The van der Waals surface area contributed by atoms with Gasteiger partial charge in [0.15, 0.2) is 0 Å². The van der Waals surface area contributed by atoms with Crippen molar-refractivity contribution in [1.29, 1.82) is 0 Å². The van der Waals surface area contributed by atoms with E-state index in [9.17, 15) is 0 Å². The molecule has 0 spiro atoms. The van der Waals surface area contributed by atoms with Crippen molar-refractivity contribution in [2.24, 2.45) is 11.7 Å². The average Bonchev–Trinajstić information content (AvgIpc) is 2.46. The second-order valence-corrected chi connectivity index (χ2v) is 5.76. The van der Waals surface area contributed by atoms with Crippen molar-refractivity contribution in [1.82, 2.24) is 4.98 Å². The highest BCUT2D eigenvalue weighted by Crippen LogP contribution is 2.30. The van der Waals surface area contributed by atoms with Crippen molar-refractivity contribution in [2.75, 3.05) is 5.32 Å². The zero-order chi connectivity index (χ0) is 13.7. The summed E-state index contributed by atoms with van der Waals surface area (Å²) in [4.78, 5) is 4.64. The fourth-order valence-corrected chi connectivity index (χ4v) is 3.17. The minimum Gasteiger partial charge on any atom is -0.388 e. The van der Waals surface area contributed by atoms with Gasteiger partial charge in [0.1, 0.15) is 10.7 Å². The second-order valence-electron chi connectivity index (χ2n) is 5.32. The first kappa shape index (κ1) is 14.3. The van der Waals surface area contributed by atoms with Crippen LogP contribution in [0, 0.1) is 5.92 Å². The molecule has 0 aliphatic heterocycles. The smallest absolute Gasteiger partial charge is 0.124 e. The van der Waals surface area contributed by atoms with Gasteiger partial charge in [-0.05, 0) is 37.3 Å². The minimum atomic E-state index is 0.363. The number of pyridine rings is 1. The Balaban J connectivity index is 2.11. The van der Waals surface area contributed by atoms with Crippen molar-refractivity contribution in [3.63, 3.8) is 0 Å². The summed E-state index contributed by atoms with van der Waals surface area (Å²) in [7, 11) is 0. The van der Waals surface area contributed by atoms with E-state index in [2.05, 4.69) is 17.2 Å². The largest absolute Gasteiger partial charge is 0.388 e. The van der Waals surface area contributed by atoms with Gasteiger partial charge >= 0.3 is 0 Å². The third-order valence-electron chi connectivity index (χ3n) is 4.04. The summed E-state index contributed by atoms with van der Waals surface area (Å²) in [5, 5.41) is 3.62. The molecule has 1 heterocycles. The van der Waals surface area contributed by atoms with E-state index in [-0.39, 0.29) is 0 Å². The zero-order valence-corrected chi connectivity index (χ0v) is 12.4. The molecule has 104 valence electrons. The van der Waals surface area contributed by atoms with Crippen molar-refractivity contribution < 1.29 is 0 Å². The van der Waals surface area contributed by atoms with Gasteiger partial charge in [0.25, 0.3) is 0 Å². The molecular weight excluding hydrogens is 254 g/mol. The number of thiocarbonyl (C=S) groups is 1. The Bertz CT molecular complexity index is 427. The molecule has 2 rings (SSSR count). The van der Waals surface area contributed by atoms with E-state index in [0.717, 1.165) is 18.0 Å². The molecule has 1 atom stereocenters. The van der Waals surface area contributed by atoms with Crippen LogP contribution in [-0.2, 0) is 0 Å². The predicted molar refractivity (Wildman–Crippen MR) is 84.4 cm³/mol. The van der Waals surface area contributed by atoms with Crippen molar-refractivity contribution in [2.45, 2.75) is 51.5 Å². The molecule has 0 amide bonds. The lowest BCUT2D eigenvalue weighted by molar-refractivity contribution is 0.313. The molecule has 3 nitrogen and oxygen atoms in total. The second kappa shape index (κ2) is 6.85. The van der Waals surface area contributed by atoms with E-state index in [4.69, 9.17) is 18.0 Å². The topological polar surface area (TPSA) is 50.9 Å². The SMILES string of the molecule is CCC(Nc1cccnc1C(N)=S)C1CCCCC1. The first-order chi connectivity index (χ1) is 9.22. The number of nitrogens with two attached hydrogens (primary N) is 1. The van der Waals surface area contributed by atoms with Crippen LogP contribution in [0.15, 0.2) is 18.3 Å². The van der Waals surface area contributed by atoms with Crippen LogP contribution in [0.3, 0.4) is 0 Å². The molecule has 19 heavy (non-hydrogen) atoms. The molecule has 0 saturated heterocycles. The monoisotopic (exact) mass is 277 g/mol. The first-order valence-electron chi connectivity index (χ1n) is 7.23. The van der Waals surface area contributed by atoms with Gasteiger partial charge in [-0.15, -0.1) is 0 Å². The quantitative estimate of drug-likeness (QED) is 0.809. The van der Waals surface area contributed by atoms with E-state index >= 15 is 0 Å². The fraction of sp³-hybridized carbons (Fsp3) is 0.600. The third-order valence-corrected chi connectivity index (χ3v) is 4.23. The molecule has 0 radical (unpaired) electrons. The Kier molecular flexibility index (Phi) is 5.14. The maximum absolute atomic E-state index is 5.74. The highest BCUT2D eigenvalue weighted by atomic mass is 32.1. The Morgan fingerprint density at radius 2 is 2.21 bits per heavy atom. The van der Waals surface area contributed by atoms with Crippen LogP contribution in [-0.4, -0.2) is 16.0 Å². The van der Waals surface area contributed by atoms with Crippen LogP contribution in [0.2, 0.25) is 0 Å². The lowest BCUT2D eigenvalue weighted by atomic mass is 9.83. The molecule has 1 saturated carbocycles. The summed E-state index contributed by atoms with van der Waals surface area (Å²) in [6.45, 7) is 2.24. The van der Waals surface area contributed by atoms with E-state index in [0.29, 0.717) is 16.7 Å². The van der Waals surface area contributed by atoms with Gasteiger partial charge < -0.3 is 11.1 Å². The Morgan fingerprint density at radius 1 is 1.47 bits per heavy atom. The summed E-state index contributed by atoms with van der Waals surface area (Å²) in [5.41, 5.74) is 7.43. The number of rotatable bonds is 5. The molecule has 3 N–H and O–H groups in total. The minimum absolute atomic E-state index is 0.363. The summed E-state index contributed by atoms with van der Waals surface area (Å²) in [6.07, 6.45) is 9.62. The fourth-order valence-electron chi connectivity index (χ4n) is 3.01. The molecule has 1 aromatic heterocycles. The van der Waals surface area contributed by atoms with Crippen molar-refractivity contribution >= 4 is 22.9 Å². The molecule has 4 heteroatoms. The van der Waals surface area contributed by atoms with Crippen LogP contribution in [0.25, 0.3) is 0 Å². The van der Waals surface area contributed by atoms with Gasteiger partial charge in [0.05, 0.1) is 5.69 Å². The maximum atomic E-state index is 5.74. The van der Waals surface area contributed by atoms with Gasteiger partial charge in [0.2, 0.25) is 0 Å². The lowest BCUT2D eigenvalue weighted by Gasteiger charge is -2.31. The predicted octanol–water partition coefficient (Wildman–Crippen LogP) is 3.49. The Hall–Kier alpha value is -1.16. The molecule has 1 fully saturated rings. The molecule has 0 bridgehead atoms. The van der Waals surface area contributed by atoms with Crippen molar-refractivity contribution in [3.05, 3.63) is 24.0 Å². The number of nitrogens with zero attached hydrogens (tertiary/aromatic N) is 1. The zero-order valence-electron chi connectivity index (χ0n) is 11.6. The summed E-state index contributed by atoms with van der Waals surface area (Å²) >= 11 is 5.07. The van der Waals surface area contributed by atoms with Crippen LogP contribution in [0.1, 0.15) is 51.1 Å². The molecule has 1 aliphatic carbocycles. The molecule has 1 aliphatic rings. The number of anilines is 1. The molecule has 1 aromatic rings. The average molecular weight is 277 g/mol. The Labute approximate surface area is 121 Å². The van der Waals surface area contributed by atoms with Gasteiger partial charge in [-0.3, -0.25) is 4.98 Å². The number of aromatic nitrogens is 1. The number of hydrogen-bond acceptors (Lipinski definition) is 3. The van der Waals surface area contributed by atoms with Gasteiger partial charge in [0, 0.05) is 12.2 Å². The van der Waals surface area contributed by atoms with Crippen LogP contribution in [0.4, 0.5) is 5.69 Å². The van der Waals surface area contributed by atoms with E-state index in [1.54, 1.807) is 6.20 Å². The van der Waals surface area contributed by atoms with Gasteiger partial charge in [-0.25, -0.2) is 0 Å². The standard InChI is InChI=1S/C15H23N3S/c1-2-12(11-7-4-3-5-8-11)18-13-9-6-10-17-14(13)15(16)19/h6,9-12,18H,2-5,7-8H2,1H3,(H2,16,19). The molecule has 1 unspecified atom stereocenters. The highest BCUT2D eigenvalue weighted by molar-refractivity contribution is 7.80. The van der Waals surface area contributed by atoms with E-state index < -0.39 is 0 Å². The normalized spacial score (nSPS) is 17.9. The molecular formula is C15H23N3S. The van der Waals surface area contributed by atoms with Gasteiger partial charge in [-0.1, -0.05) is 38.4 Å². The summed E-state index contributed by atoms with van der Waals surface area (Å²) in [6, 6.07) is 4.45. The first-order valence-corrected chi connectivity index (χ1v) is 7.64. The number of hydrogen-bond donors (Lipinski definition) is 2. The van der Waals surface area contributed by atoms with Crippen LogP contribution < -0.4 is 11.1 Å². The van der Waals surface area contributed by atoms with E-state index in [1.165, 1.54) is 32.1 Å².